The highest BCUT2D eigenvalue weighted by Gasteiger charge is 2.18. The van der Waals surface area contributed by atoms with Crippen molar-refractivity contribution in [3.8, 4) is 0 Å². The van der Waals surface area contributed by atoms with Crippen molar-refractivity contribution < 1.29 is 4.79 Å². The first-order chi connectivity index (χ1) is 11.6. The van der Waals surface area contributed by atoms with Crippen LogP contribution in [0.4, 0.5) is 0 Å². The van der Waals surface area contributed by atoms with E-state index in [0.717, 1.165) is 11.3 Å². The number of nitrogens with zero attached hydrogens (tertiary/aromatic N) is 2. The van der Waals surface area contributed by atoms with Gasteiger partial charge in [-0.2, -0.15) is 11.3 Å². The molecule has 0 aliphatic heterocycles. The summed E-state index contributed by atoms with van der Waals surface area (Å²) in [5, 5.41) is 4.84. The van der Waals surface area contributed by atoms with Gasteiger partial charge < -0.3 is 4.90 Å². The lowest BCUT2D eigenvalue weighted by Gasteiger charge is -2.22. The molecule has 0 saturated heterocycles. The van der Waals surface area contributed by atoms with Crippen LogP contribution in [0, 0.1) is 0 Å². The van der Waals surface area contributed by atoms with E-state index in [0.29, 0.717) is 28.7 Å². The van der Waals surface area contributed by atoms with Gasteiger partial charge in [-0.25, -0.2) is 0 Å². The Kier molecular flexibility index (Phi) is 5.51. The van der Waals surface area contributed by atoms with E-state index in [9.17, 15) is 4.79 Å². The number of benzene rings is 1. The van der Waals surface area contributed by atoms with Crippen LogP contribution in [0.15, 0.2) is 59.4 Å². The molecule has 3 aromatic rings. The molecule has 122 valence electrons. The molecule has 0 radical (unpaired) electrons. The number of amides is 1. The standard InChI is InChI=1S/C18H14Cl2N2OS/c19-16-5-4-14(9-17(16)20)18(23)22(10-13-6-8-24-12-13)11-15-3-1-2-7-21-15/h1-9,12H,10-11H2. The van der Waals surface area contributed by atoms with E-state index in [1.54, 1.807) is 40.6 Å². The van der Waals surface area contributed by atoms with Crippen LogP contribution in [0.5, 0.6) is 0 Å². The van der Waals surface area contributed by atoms with Crippen LogP contribution in [0.2, 0.25) is 10.0 Å². The van der Waals surface area contributed by atoms with Crippen LogP contribution >= 0.6 is 34.5 Å². The molecule has 2 aromatic heterocycles. The Hall–Kier alpha value is -1.88. The van der Waals surface area contributed by atoms with E-state index < -0.39 is 0 Å². The molecule has 0 unspecified atom stereocenters. The summed E-state index contributed by atoms with van der Waals surface area (Å²) in [5.74, 6) is -0.106. The summed E-state index contributed by atoms with van der Waals surface area (Å²) in [4.78, 5) is 19.0. The summed E-state index contributed by atoms with van der Waals surface area (Å²) in [6.45, 7) is 0.939. The lowest BCUT2D eigenvalue weighted by Crippen LogP contribution is -2.30. The molecule has 6 heteroatoms. The molecule has 0 aliphatic carbocycles. The van der Waals surface area contributed by atoms with Crippen molar-refractivity contribution in [1.82, 2.24) is 9.88 Å². The number of pyridine rings is 1. The molecule has 2 heterocycles. The van der Waals surface area contributed by atoms with E-state index >= 15 is 0 Å². The number of carbonyl (C=O) groups is 1. The van der Waals surface area contributed by atoms with Gasteiger partial charge in [0.1, 0.15) is 0 Å². The van der Waals surface area contributed by atoms with Gasteiger partial charge in [-0.15, -0.1) is 0 Å². The number of thiophene rings is 1. The minimum absolute atomic E-state index is 0.106. The van der Waals surface area contributed by atoms with Gasteiger partial charge in [0.05, 0.1) is 22.3 Å². The maximum absolute atomic E-state index is 12.9. The van der Waals surface area contributed by atoms with Gasteiger partial charge in [-0.05, 0) is 52.7 Å². The van der Waals surface area contributed by atoms with Gasteiger partial charge in [-0.3, -0.25) is 9.78 Å². The van der Waals surface area contributed by atoms with Gasteiger partial charge >= 0.3 is 0 Å². The van der Waals surface area contributed by atoms with Crippen molar-refractivity contribution >= 4 is 40.4 Å². The number of carbonyl (C=O) groups excluding carboxylic acids is 1. The predicted molar refractivity (Wildman–Crippen MR) is 98.6 cm³/mol. The Balaban J connectivity index is 1.87. The van der Waals surface area contributed by atoms with E-state index in [1.165, 1.54) is 0 Å². The quantitative estimate of drug-likeness (QED) is 0.605. The number of halogens is 2. The number of aromatic nitrogens is 1. The second-order valence-electron chi connectivity index (χ2n) is 5.24. The van der Waals surface area contributed by atoms with Crippen molar-refractivity contribution in [2.24, 2.45) is 0 Å². The Morgan fingerprint density at radius 1 is 1.08 bits per heavy atom. The van der Waals surface area contributed by atoms with Crippen LogP contribution in [0.3, 0.4) is 0 Å². The van der Waals surface area contributed by atoms with Crippen LogP contribution in [-0.2, 0) is 13.1 Å². The molecule has 0 atom stereocenters. The monoisotopic (exact) mass is 376 g/mol. The SMILES string of the molecule is O=C(c1ccc(Cl)c(Cl)c1)N(Cc1ccsc1)Cc1ccccn1. The minimum Gasteiger partial charge on any atom is -0.328 e. The molecule has 1 amide bonds. The second-order valence-corrected chi connectivity index (χ2v) is 6.84. The third-order valence-corrected chi connectivity index (χ3v) is 4.96. The number of hydrogen-bond donors (Lipinski definition) is 0. The van der Waals surface area contributed by atoms with Crippen LogP contribution < -0.4 is 0 Å². The summed E-state index contributed by atoms with van der Waals surface area (Å²) < 4.78 is 0. The largest absolute Gasteiger partial charge is 0.328 e. The topological polar surface area (TPSA) is 33.2 Å². The lowest BCUT2D eigenvalue weighted by molar-refractivity contribution is 0.0728. The maximum Gasteiger partial charge on any atom is 0.254 e. The molecular formula is C18H14Cl2N2OS. The summed E-state index contributed by atoms with van der Waals surface area (Å²) in [6.07, 6.45) is 1.72. The molecule has 3 nitrogen and oxygen atoms in total. The molecule has 0 N–H and O–H groups in total. The zero-order valence-electron chi connectivity index (χ0n) is 12.7. The Morgan fingerprint density at radius 2 is 1.96 bits per heavy atom. The molecular weight excluding hydrogens is 363 g/mol. The summed E-state index contributed by atoms with van der Waals surface area (Å²) >= 11 is 13.6. The predicted octanol–water partition coefficient (Wildman–Crippen LogP) is 5.29. The van der Waals surface area contributed by atoms with Crippen LogP contribution in [0.1, 0.15) is 21.6 Å². The molecule has 24 heavy (non-hydrogen) atoms. The van der Waals surface area contributed by atoms with E-state index in [4.69, 9.17) is 23.2 Å². The molecule has 0 fully saturated rings. The zero-order valence-corrected chi connectivity index (χ0v) is 15.0. The Morgan fingerprint density at radius 3 is 2.62 bits per heavy atom. The van der Waals surface area contributed by atoms with Crippen LogP contribution in [-0.4, -0.2) is 15.8 Å². The van der Waals surface area contributed by atoms with Crippen LogP contribution in [0.25, 0.3) is 0 Å². The van der Waals surface area contributed by atoms with Crippen molar-refractivity contribution in [3.05, 3.63) is 86.3 Å². The van der Waals surface area contributed by atoms with E-state index in [-0.39, 0.29) is 5.91 Å². The fourth-order valence-electron chi connectivity index (χ4n) is 2.30. The normalized spacial score (nSPS) is 10.6. The molecule has 0 aliphatic rings. The fourth-order valence-corrected chi connectivity index (χ4v) is 3.26. The van der Waals surface area contributed by atoms with Gasteiger partial charge in [0.15, 0.2) is 0 Å². The maximum atomic E-state index is 12.9. The molecule has 1 aromatic carbocycles. The van der Waals surface area contributed by atoms with Crippen molar-refractivity contribution in [1.29, 1.82) is 0 Å². The summed E-state index contributed by atoms with van der Waals surface area (Å²) in [5.41, 5.74) is 2.43. The molecule has 0 saturated carbocycles. The number of hydrogen-bond acceptors (Lipinski definition) is 3. The van der Waals surface area contributed by atoms with Crippen molar-refractivity contribution in [2.45, 2.75) is 13.1 Å². The second kappa shape index (κ2) is 7.79. The van der Waals surface area contributed by atoms with E-state index in [1.807, 2.05) is 35.0 Å². The number of rotatable bonds is 5. The highest BCUT2D eigenvalue weighted by Crippen LogP contribution is 2.24. The Bertz CT molecular complexity index is 822. The first kappa shape index (κ1) is 17.0. The van der Waals surface area contributed by atoms with Crippen molar-refractivity contribution in [3.63, 3.8) is 0 Å². The third-order valence-electron chi connectivity index (χ3n) is 3.49. The molecule has 0 spiro atoms. The zero-order chi connectivity index (χ0) is 16.9. The Labute approximate surface area is 154 Å². The average Bonchev–Trinajstić information content (AvgIpc) is 3.10. The highest BCUT2D eigenvalue weighted by molar-refractivity contribution is 7.07. The third kappa shape index (κ3) is 4.15. The summed E-state index contributed by atoms with van der Waals surface area (Å²) in [7, 11) is 0. The molecule has 3 rings (SSSR count). The average molecular weight is 377 g/mol. The fraction of sp³-hybridized carbons (Fsp3) is 0.111. The van der Waals surface area contributed by atoms with Gasteiger partial charge in [0.2, 0.25) is 0 Å². The van der Waals surface area contributed by atoms with Crippen molar-refractivity contribution in [2.75, 3.05) is 0 Å². The lowest BCUT2D eigenvalue weighted by atomic mass is 10.1. The molecule has 0 bridgehead atoms. The smallest absolute Gasteiger partial charge is 0.254 e. The highest BCUT2D eigenvalue weighted by atomic mass is 35.5. The van der Waals surface area contributed by atoms with Gasteiger partial charge in [-0.1, -0.05) is 29.3 Å². The minimum atomic E-state index is -0.106. The summed E-state index contributed by atoms with van der Waals surface area (Å²) in [6, 6.07) is 12.6. The first-order valence-corrected chi connectivity index (χ1v) is 8.98. The van der Waals surface area contributed by atoms with E-state index in [2.05, 4.69) is 4.98 Å². The first-order valence-electron chi connectivity index (χ1n) is 7.29. The van der Waals surface area contributed by atoms with Gasteiger partial charge in [0, 0.05) is 18.3 Å². The van der Waals surface area contributed by atoms with Gasteiger partial charge in [0.25, 0.3) is 5.91 Å².